The largest absolute Gasteiger partial charge is 0.468 e. The molecule has 0 aromatic heterocycles. The lowest BCUT2D eigenvalue weighted by molar-refractivity contribution is -0.142. The van der Waals surface area contributed by atoms with E-state index >= 15 is 0 Å². The lowest BCUT2D eigenvalue weighted by atomic mass is 10.0. The summed E-state index contributed by atoms with van der Waals surface area (Å²) in [6.07, 6.45) is 0.920. The second-order valence-electron chi connectivity index (χ2n) is 3.92. The molecule has 2 unspecified atom stereocenters. The summed E-state index contributed by atoms with van der Waals surface area (Å²) in [7, 11) is 1.40. The summed E-state index contributed by atoms with van der Waals surface area (Å²) in [5, 5.41) is 3.26. The Morgan fingerprint density at radius 3 is 2.47 bits per heavy atom. The van der Waals surface area contributed by atoms with Crippen molar-refractivity contribution in [3.8, 4) is 0 Å². The molecule has 0 fully saturated rings. The Morgan fingerprint density at radius 1 is 1.41 bits per heavy atom. The van der Waals surface area contributed by atoms with E-state index in [1.54, 1.807) is 0 Å². The molecule has 94 valence electrons. The lowest BCUT2D eigenvalue weighted by Crippen LogP contribution is -2.37. The zero-order chi connectivity index (χ0) is 12.8. The van der Waals surface area contributed by atoms with E-state index in [1.807, 2.05) is 19.1 Å². The second-order valence-corrected chi connectivity index (χ2v) is 4.84. The van der Waals surface area contributed by atoms with Crippen molar-refractivity contribution in [3.05, 3.63) is 34.3 Å². The SMILES string of the molecule is CCC(NC(C)C(=O)OC)c1ccc(Br)cc1. The number of methoxy groups -OCH3 is 1. The van der Waals surface area contributed by atoms with Gasteiger partial charge in [-0.15, -0.1) is 0 Å². The maximum atomic E-state index is 11.4. The fraction of sp³-hybridized carbons (Fsp3) is 0.462. The molecule has 0 bridgehead atoms. The number of rotatable bonds is 5. The zero-order valence-electron chi connectivity index (χ0n) is 10.4. The topological polar surface area (TPSA) is 38.3 Å². The van der Waals surface area contributed by atoms with Crippen LogP contribution in [-0.2, 0) is 9.53 Å². The molecule has 1 N–H and O–H groups in total. The van der Waals surface area contributed by atoms with Crippen LogP contribution in [0.4, 0.5) is 0 Å². The first-order valence-corrected chi connectivity index (χ1v) is 6.47. The van der Waals surface area contributed by atoms with Crippen molar-refractivity contribution in [1.29, 1.82) is 0 Å². The van der Waals surface area contributed by atoms with Gasteiger partial charge in [0.1, 0.15) is 6.04 Å². The first-order valence-electron chi connectivity index (χ1n) is 5.67. The minimum atomic E-state index is -0.298. The molecule has 1 aromatic carbocycles. The van der Waals surface area contributed by atoms with Crippen LogP contribution < -0.4 is 5.32 Å². The summed E-state index contributed by atoms with van der Waals surface area (Å²) >= 11 is 3.41. The highest BCUT2D eigenvalue weighted by Gasteiger charge is 2.18. The van der Waals surface area contributed by atoms with Gasteiger partial charge in [-0.3, -0.25) is 10.1 Å². The minimum Gasteiger partial charge on any atom is -0.468 e. The average Bonchev–Trinajstić information content (AvgIpc) is 2.35. The number of esters is 1. The molecule has 2 atom stereocenters. The van der Waals surface area contributed by atoms with Gasteiger partial charge in [0.2, 0.25) is 0 Å². The molecule has 0 aliphatic rings. The predicted molar refractivity (Wildman–Crippen MR) is 71.8 cm³/mol. The Labute approximate surface area is 111 Å². The number of nitrogens with one attached hydrogen (secondary N) is 1. The quantitative estimate of drug-likeness (QED) is 0.849. The fourth-order valence-electron chi connectivity index (χ4n) is 1.69. The number of carbonyl (C=O) groups excluding carboxylic acids is 1. The van der Waals surface area contributed by atoms with Crippen LogP contribution in [0.5, 0.6) is 0 Å². The van der Waals surface area contributed by atoms with E-state index in [4.69, 9.17) is 4.74 Å². The maximum absolute atomic E-state index is 11.4. The van der Waals surface area contributed by atoms with Crippen LogP contribution in [0.2, 0.25) is 0 Å². The Bertz CT molecular complexity index is 364. The van der Waals surface area contributed by atoms with Crippen LogP contribution in [-0.4, -0.2) is 19.1 Å². The molecule has 0 aliphatic heterocycles. The number of hydrogen-bond donors (Lipinski definition) is 1. The Morgan fingerprint density at radius 2 is 2.00 bits per heavy atom. The Balaban J connectivity index is 2.71. The van der Waals surface area contributed by atoms with E-state index in [9.17, 15) is 4.79 Å². The minimum absolute atomic E-state index is 0.164. The standard InChI is InChI=1S/C13H18BrNO2/c1-4-12(15-9(2)13(16)17-3)10-5-7-11(14)8-6-10/h5-9,12,15H,4H2,1-3H3. The summed E-state index contributed by atoms with van der Waals surface area (Å²) < 4.78 is 5.76. The third kappa shape index (κ3) is 4.13. The van der Waals surface area contributed by atoms with Gasteiger partial charge < -0.3 is 4.74 Å². The van der Waals surface area contributed by atoms with Gasteiger partial charge in [-0.05, 0) is 31.0 Å². The van der Waals surface area contributed by atoms with Crippen molar-refractivity contribution in [2.45, 2.75) is 32.4 Å². The van der Waals surface area contributed by atoms with E-state index in [1.165, 1.54) is 12.7 Å². The van der Waals surface area contributed by atoms with Crippen LogP contribution in [0, 0.1) is 0 Å². The van der Waals surface area contributed by atoms with E-state index in [-0.39, 0.29) is 18.1 Å². The summed E-state index contributed by atoms with van der Waals surface area (Å²) in [4.78, 5) is 11.4. The van der Waals surface area contributed by atoms with Crippen molar-refractivity contribution in [2.75, 3.05) is 7.11 Å². The number of halogens is 1. The van der Waals surface area contributed by atoms with Crippen molar-refractivity contribution in [1.82, 2.24) is 5.32 Å². The van der Waals surface area contributed by atoms with Gasteiger partial charge in [0, 0.05) is 10.5 Å². The molecule has 0 spiro atoms. The molecular weight excluding hydrogens is 282 g/mol. The molecule has 0 amide bonds. The van der Waals surface area contributed by atoms with Gasteiger partial charge in [0.15, 0.2) is 0 Å². The lowest BCUT2D eigenvalue weighted by Gasteiger charge is -2.21. The van der Waals surface area contributed by atoms with E-state index < -0.39 is 0 Å². The van der Waals surface area contributed by atoms with E-state index in [2.05, 4.69) is 40.3 Å². The first kappa shape index (κ1) is 14.2. The predicted octanol–water partition coefficient (Wildman–Crippen LogP) is 3.05. The highest BCUT2D eigenvalue weighted by atomic mass is 79.9. The molecule has 0 saturated carbocycles. The highest BCUT2D eigenvalue weighted by molar-refractivity contribution is 9.10. The first-order chi connectivity index (χ1) is 8.08. The van der Waals surface area contributed by atoms with Crippen molar-refractivity contribution < 1.29 is 9.53 Å². The Kier molecular flexibility index (Phi) is 5.65. The summed E-state index contributed by atoms with van der Waals surface area (Å²) in [5.74, 6) is -0.236. The fourth-order valence-corrected chi connectivity index (χ4v) is 1.96. The third-order valence-corrected chi connectivity index (χ3v) is 3.22. The molecule has 0 radical (unpaired) electrons. The van der Waals surface area contributed by atoms with Crippen LogP contribution >= 0.6 is 15.9 Å². The normalized spacial score (nSPS) is 14.1. The van der Waals surface area contributed by atoms with Crippen molar-refractivity contribution in [2.24, 2.45) is 0 Å². The van der Waals surface area contributed by atoms with Crippen molar-refractivity contribution in [3.63, 3.8) is 0 Å². The van der Waals surface area contributed by atoms with Gasteiger partial charge in [-0.25, -0.2) is 0 Å². The molecule has 3 nitrogen and oxygen atoms in total. The smallest absolute Gasteiger partial charge is 0.322 e. The molecule has 4 heteroatoms. The molecule has 0 aliphatic carbocycles. The summed E-state index contributed by atoms with van der Waals surface area (Å²) in [6.45, 7) is 3.90. The monoisotopic (exact) mass is 299 g/mol. The Hall–Kier alpha value is -0.870. The van der Waals surface area contributed by atoms with E-state index in [0.717, 1.165) is 10.9 Å². The van der Waals surface area contributed by atoms with Gasteiger partial charge in [0.25, 0.3) is 0 Å². The summed E-state index contributed by atoms with van der Waals surface area (Å²) in [5.41, 5.74) is 1.17. The van der Waals surface area contributed by atoms with Crippen LogP contribution in [0.15, 0.2) is 28.7 Å². The van der Waals surface area contributed by atoms with Crippen LogP contribution in [0.3, 0.4) is 0 Å². The molecule has 1 rings (SSSR count). The van der Waals surface area contributed by atoms with Gasteiger partial charge in [0.05, 0.1) is 7.11 Å². The van der Waals surface area contributed by atoms with Gasteiger partial charge in [-0.1, -0.05) is 35.0 Å². The number of ether oxygens (including phenoxy) is 1. The second kappa shape index (κ2) is 6.77. The average molecular weight is 300 g/mol. The third-order valence-electron chi connectivity index (χ3n) is 2.69. The van der Waals surface area contributed by atoms with Crippen LogP contribution in [0.1, 0.15) is 31.9 Å². The van der Waals surface area contributed by atoms with E-state index in [0.29, 0.717) is 0 Å². The molecule has 0 saturated heterocycles. The molecular formula is C13H18BrNO2. The zero-order valence-corrected chi connectivity index (χ0v) is 12.0. The molecule has 0 heterocycles. The molecule has 1 aromatic rings. The summed E-state index contributed by atoms with van der Waals surface area (Å²) in [6, 6.07) is 7.97. The number of benzene rings is 1. The van der Waals surface area contributed by atoms with Crippen molar-refractivity contribution >= 4 is 21.9 Å². The molecule has 17 heavy (non-hydrogen) atoms. The van der Waals surface area contributed by atoms with Crippen LogP contribution in [0.25, 0.3) is 0 Å². The van der Waals surface area contributed by atoms with Gasteiger partial charge in [-0.2, -0.15) is 0 Å². The number of hydrogen-bond acceptors (Lipinski definition) is 3. The number of carbonyl (C=O) groups is 1. The highest BCUT2D eigenvalue weighted by Crippen LogP contribution is 2.20. The maximum Gasteiger partial charge on any atom is 0.322 e. The van der Waals surface area contributed by atoms with Gasteiger partial charge >= 0.3 is 5.97 Å².